The Morgan fingerprint density at radius 2 is 1.94 bits per heavy atom. The smallest absolute Gasteiger partial charge is 0.228 e. The minimum Gasteiger partial charge on any atom is -0.325 e. The van der Waals surface area contributed by atoms with Gasteiger partial charge in [-0.05, 0) is 81.2 Å². The molecule has 1 amide bonds. The van der Waals surface area contributed by atoms with Crippen LogP contribution in [-0.4, -0.2) is 40.4 Å². The van der Waals surface area contributed by atoms with E-state index in [1.165, 1.54) is 24.0 Å². The van der Waals surface area contributed by atoms with Crippen molar-refractivity contribution < 1.29 is 4.79 Å². The highest BCUT2D eigenvalue weighted by Gasteiger charge is 2.21. The van der Waals surface area contributed by atoms with Gasteiger partial charge in [-0.2, -0.15) is 0 Å². The minimum absolute atomic E-state index is 0.0735. The summed E-state index contributed by atoms with van der Waals surface area (Å²) in [5.41, 5.74) is 7.46. The number of likely N-dealkylation sites (tertiary alicyclic amines) is 1. The van der Waals surface area contributed by atoms with E-state index in [2.05, 4.69) is 58.3 Å². The summed E-state index contributed by atoms with van der Waals surface area (Å²) < 4.78 is 0. The van der Waals surface area contributed by atoms with Crippen molar-refractivity contribution in [3.05, 3.63) is 64.8 Å². The molecule has 0 spiro atoms. The topological polar surface area (TPSA) is 70.2 Å². The van der Waals surface area contributed by atoms with Crippen molar-refractivity contribution in [2.24, 2.45) is 0 Å². The third-order valence-electron chi connectivity index (χ3n) is 6.26. The van der Waals surface area contributed by atoms with Crippen LogP contribution in [0, 0.1) is 25.7 Å². The molecule has 0 atom stereocenters. The summed E-state index contributed by atoms with van der Waals surface area (Å²) in [5, 5.41) is 6.31. The van der Waals surface area contributed by atoms with E-state index < -0.39 is 0 Å². The average molecular weight is 438 g/mol. The average Bonchev–Trinajstić information content (AvgIpc) is 3.26. The van der Waals surface area contributed by atoms with Crippen LogP contribution < -0.4 is 10.6 Å². The first-order valence-electron chi connectivity index (χ1n) is 11.4. The van der Waals surface area contributed by atoms with E-state index in [4.69, 9.17) is 4.98 Å². The van der Waals surface area contributed by atoms with E-state index in [1.807, 2.05) is 24.3 Å². The summed E-state index contributed by atoms with van der Waals surface area (Å²) in [7, 11) is 0. The molecule has 0 bridgehead atoms. The normalized spacial score (nSPS) is 15.0. The number of rotatable bonds is 3. The molecule has 3 heterocycles. The molecule has 0 aliphatic carbocycles. The third-order valence-corrected chi connectivity index (χ3v) is 6.26. The Hall–Kier alpha value is -3.69. The lowest BCUT2D eigenvalue weighted by Gasteiger charge is -2.12. The largest absolute Gasteiger partial charge is 0.325 e. The number of hydrogen-bond acceptors (Lipinski definition) is 5. The Labute approximate surface area is 194 Å². The Balaban J connectivity index is 1.44. The van der Waals surface area contributed by atoms with E-state index in [-0.39, 0.29) is 12.3 Å². The standard InChI is InChI=1S/C27H27N5O/c1-18-7-9-22(14-19(18)2)29-27-28-17-21-16-25(33)30-24-15-20(8-10-23(24)26(21)31-27)6-5-13-32-11-3-4-12-32/h7-10,14-15,17H,3-4,11-13,16H2,1-2H3,(H,30,33)(H,28,29,31). The summed E-state index contributed by atoms with van der Waals surface area (Å²) in [5.74, 6) is 6.95. The lowest BCUT2D eigenvalue weighted by atomic mass is 10.0. The van der Waals surface area contributed by atoms with Gasteiger partial charge in [-0.25, -0.2) is 9.97 Å². The van der Waals surface area contributed by atoms with Gasteiger partial charge in [-0.15, -0.1) is 0 Å². The van der Waals surface area contributed by atoms with Crippen molar-refractivity contribution >= 4 is 23.2 Å². The van der Waals surface area contributed by atoms with Crippen LogP contribution >= 0.6 is 0 Å². The van der Waals surface area contributed by atoms with Gasteiger partial charge in [-0.3, -0.25) is 9.69 Å². The zero-order valence-corrected chi connectivity index (χ0v) is 19.0. The van der Waals surface area contributed by atoms with Crippen LogP contribution in [0.25, 0.3) is 11.3 Å². The van der Waals surface area contributed by atoms with Gasteiger partial charge < -0.3 is 10.6 Å². The van der Waals surface area contributed by atoms with Crippen LogP contribution in [0.2, 0.25) is 0 Å². The second-order valence-electron chi connectivity index (χ2n) is 8.76. The molecule has 166 valence electrons. The molecule has 2 aliphatic rings. The Kier molecular flexibility index (Phi) is 5.80. The number of benzene rings is 2. The molecule has 33 heavy (non-hydrogen) atoms. The highest BCUT2D eigenvalue weighted by molar-refractivity contribution is 6.00. The molecule has 0 unspecified atom stereocenters. The highest BCUT2D eigenvalue weighted by atomic mass is 16.1. The number of nitrogens with one attached hydrogen (secondary N) is 2. The van der Waals surface area contributed by atoms with Crippen molar-refractivity contribution in [2.75, 3.05) is 30.3 Å². The van der Waals surface area contributed by atoms with Gasteiger partial charge >= 0.3 is 0 Å². The van der Waals surface area contributed by atoms with Crippen molar-refractivity contribution in [3.8, 4) is 23.1 Å². The van der Waals surface area contributed by atoms with Gasteiger partial charge in [0.05, 0.1) is 24.3 Å². The number of fused-ring (bicyclic) bond motifs is 3. The summed E-state index contributed by atoms with van der Waals surface area (Å²) in [6.45, 7) is 7.21. The van der Waals surface area contributed by atoms with Crippen LogP contribution in [0.3, 0.4) is 0 Å². The molecule has 1 aromatic heterocycles. The lowest BCUT2D eigenvalue weighted by Crippen LogP contribution is -2.18. The number of carbonyl (C=O) groups is 1. The zero-order valence-electron chi connectivity index (χ0n) is 19.0. The van der Waals surface area contributed by atoms with Crippen molar-refractivity contribution in [1.82, 2.24) is 14.9 Å². The van der Waals surface area contributed by atoms with Crippen molar-refractivity contribution in [3.63, 3.8) is 0 Å². The fourth-order valence-corrected chi connectivity index (χ4v) is 4.27. The predicted octanol–water partition coefficient (Wildman–Crippen LogP) is 4.45. The summed E-state index contributed by atoms with van der Waals surface area (Å²) in [6, 6.07) is 12.1. The highest BCUT2D eigenvalue weighted by Crippen LogP contribution is 2.34. The molecule has 3 aromatic rings. The Morgan fingerprint density at radius 1 is 1.09 bits per heavy atom. The maximum Gasteiger partial charge on any atom is 0.228 e. The molecule has 0 saturated carbocycles. The molecular weight excluding hydrogens is 410 g/mol. The van der Waals surface area contributed by atoms with Gasteiger partial charge in [0.2, 0.25) is 11.9 Å². The first kappa shape index (κ1) is 21.2. The number of hydrogen-bond donors (Lipinski definition) is 2. The van der Waals surface area contributed by atoms with E-state index in [9.17, 15) is 4.79 Å². The molecule has 2 aliphatic heterocycles. The predicted molar refractivity (Wildman–Crippen MR) is 132 cm³/mol. The number of aryl methyl sites for hydroxylation is 2. The number of anilines is 3. The molecule has 1 fully saturated rings. The fraction of sp³-hybridized carbons (Fsp3) is 0.296. The number of nitrogens with zero attached hydrogens (tertiary/aromatic N) is 3. The van der Waals surface area contributed by atoms with Gasteiger partial charge in [0, 0.05) is 28.6 Å². The second kappa shape index (κ2) is 9.05. The molecule has 2 N–H and O–H groups in total. The van der Waals surface area contributed by atoms with E-state index >= 15 is 0 Å². The Morgan fingerprint density at radius 3 is 2.76 bits per heavy atom. The van der Waals surface area contributed by atoms with Gasteiger partial charge in [0.15, 0.2) is 0 Å². The maximum absolute atomic E-state index is 12.5. The van der Waals surface area contributed by atoms with E-state index in [0.29, 0.717) is 5.95 Å². The molecule has 2 aromatic carbocycles. The van der Waals surface area contributed by atoms with Crippen molar-refractivity contribution in [2.45, 2.75) is 33.1 Å². The summed E-state index contributed by atoms with van der Waals surface area (Å²) >= 11 is 0. The van der Waals surface area contributed by atoms with Crippen LogP contribution in [0.4, 0.5) is 17.3 Å². The van der Waals surface area contributed by atoms with Gasteiger partial charge in [0.25, 0.3) is 0 Å². The quantitative estimate of drug-likeness (QED) is 0.593. The molecule has 6 nitrogen and oxygen atoms in total. The zero-order chi connectivity index (χ0) is 22.8. The fourth-order valence-electron chi connectivity index (χ4n) is 4.27. The molecule has 1 saturated heterocycles. The first-order chi connectivity index (χ1) is 16.0. The lowest BCUT2D eigenvalue weighted by molar-refractivity contribution is -0.115. The number of aromatic nitrogens is 2. The van der Waals surface area contributed by atoms with Crippen LogP contribution in [0.1, 0.15) is 35.1 Å². The first-order valence-corrected chi connectivity index (χ1v) is 11.4. The van der Waals surface area contributed by atoms with Gasteiger partial charge in [0.1, 0.15) is 0 Å². The Bertz CT molecular complexity index is 1280. The van der Waals surface area contributed by atoms with Crippen molar-refractivity contribution in [1.29, 1.82) is 0 Å². The summed E-state index contributed by atoms with van der Waals surface area (Å²) in [6.07, 6.45) is 4.50. The monoisotopic (exact) mass is 437 g/mol. The molecule has 6 heteroatoms. The molecule has 5 rings (SSSR count). The van der Waals surface area contributed by atoms with E-state index in [0.717, 1.165) is 53.4 Å². The second-order valence-corrected chi connectivity index (χ2v) is 8.76. The van der Waals surface area contributed by atoms with Crippen LogP contribution in [0.5, 0.6) is 0 Å². The van der Waals surface area contributed by atoms with Crippen LogP contribution in [-0.2, 0) is 11.2 Å². The van der Waals surface area contributed by atoms with Crippen LogP contribution in [0.15, 0.2) is 42.6 Å². The van der Waals surface area contributed by atoms with Gasteiger partial charge in [-0.1, -0.05) is 17.9 Å². The van der Waals surface area contributed by atoms with E-state index in [1.54, 1.807) is 6.20 Å². The number of amides is 1. The minimum atomic E-state index is -0.0735. The molecular formula is C27H27N5O. The summed E-state index contributed by atoms with van der Waals surface area (Å²) in [4.78, 5) is 24.1. The third kappa shape index (κ3) is 4.74. The number of carbonyl (C=O) groups excluding carboxylic acids is 1. The molecule has 0 radical (unpaired) electrons. The SMILES string of the molecule is Cc1ccc(Nc2ncc3c(n2)-c2ccc(C#CCN4CCCC4)cc2NC(=O)C3)cc1C. The maximum atomic E-state index is 12.5.